The number of oxazole rings is 1. The molecule has 1 heterocycles. The highest BCUT2D eigenvalue weighted by molar-refractivity contribution is 14.1. The van der Waals surface area contributed by atoms with Gasteiger partial charge in [-0.25, -0.2) is 4.98 Å². The minimum absolute atomic E-state index is 0.726. The van der Waals surface area contributed by atoms with Crippen molar-refractivity contribution in [3.63, 3.8) is 0 Å². The van der Waals surface area contributed by atoms with Gasteiger partial charge in [-0.2, -0.15) is 0 Å². The van der Waals surface area contributed by atoms with Gasteiger partial charge in [-0.05, 0) is 34.7 Å². The molecule has 1 aromatic carbocycles. The van der Waals surface area contributed by atoms with Crippen LogP contribution in [0.15, 0.2) is 22.6 Å². The van der Waals surface area contributed by atoms with E-state index in [0.717, 1.165) is 20.6 Å². The molecule has 1 aromatic heterocycles. The van der Waals surface area contributed by atoms with Gasteiger partial charge in [-0.1, -0.05) is 6.07 Å². The molecule has 0 aliphatic rings. The van der Waals surface area contributed by atoms with Gasteiger partial charge in [0.1, 0.15) is 5.52 Å². The largest absolute Gasteiger partial charge is 0.440 e. The normalized spacial score (nSPS) is 10.7. The summed E-state index contributed by atoms with van der Waals surface area (Å²) in [5.74, 6) is 0.726. The second-order valence-corrected chi connectivity index (χ2v) is 3.48. The average molecular weight is 259 g/mol. The Hall–Kier alpha value is -0.580. The summed E-state index contributed by atoms with van der Waals surface area (Å²) >= 11 is 2.24. The fraction of sp³-hybridized carbons (Fsp3) is 0.125. The third-order valence-electron chi connectivity index (χ3n) is 1.47. The summed E-state index contributed by atoms with van der Waals surface area (Å²) in [6, 6.07) is 5.94. The van der Waals surface area contributed by atoms with E-state index in [4.69, 9.17) is 4.42 Å². The Morgan fingerprint density at radius 3 is 3.00 bits per heavy atom. The fourth-order valence-electron chi connectivity index (χ4n) is 1.03. The molecule has 0 amide bonds. The van der Waals surface area contributed by atoms with Crippen LogP contribution in [0.3, 0.4) is 0 Å². The molecule has 0 aliphatic carbocycles. The third kappa shape index (κ3) is 1.13. The molecule has 11 heavy (non-hydrogen) atoms. The van der Waals surface area contributed by atoms with E-state index in [1.807, 2.05) is 25.1 Å². The summed E-state index contributed by atoms with van der Waals surface area (Å²) in [5.41, 5.74) is 1.83. The van der Waals surface area contributed by atoms with Crippen LogP contribution in [0.1, 0.15) is 5.89 Å². The molecule has 0 radical (unpaired) electrons. The fourth-order valence-corrected chi connectivity index (χ4v) is 1.62. The second-order valence-electron chi connectivity index (χ2n) is 2.32. The van der Waals surface area contributed by atoms with E-state index in [1.165, 1.54) is 0 Å². The molecular weight excluding hydrogens is 253 g/mol. The van der Waals surface area contributed by atoms with Gasteiger partial charge in [0.2, 0.25) is 0 Å². The lowest BCUT2D eigenvalue weighted by molar-refractivity contribution is 0.559. The summed E-state index contributed by atoms with van der Waals surface area (Å²) in [6.45, 7) is 1.86. The highest BCUT2D eigenvalue weighted by Gasteiger charge is 2.03. The lowest BCUT2D eigenvalue weighted by Gasteiger charge is -1.87. The van der Waals surface area contributed by atoms with Gasteiger partial charge in [0, 0.05) is 6.92 Å². The highest BCUT2D eigenvalue weighted by Crippen LogP contribution is 2.20. The zero-order valence-electron chi connectivity index (χ0n) is 5.97. The molecule has 0 N–H and O–H groups in total. The molecule has 56 valence electrons. The molecule has 0 atom stereocenters. The minimum atomic E-state index is 0.726. The number of nitrogens with zero attached hydrogens (tertiary/aromatic N) is 1. The Labute approximate surface area is 77.8 Å². The SMILES string of the molecule is Cc1nc2cccc(I)c2o1. The number of aryl methyl sites for hydroxylation is 1. The molecule has 2 aromatic rings. The second kappa shape index (κ2) is 2.48. The number of halogens is 1. The maximum atomic E-state index is 5.38. The van der Waals surface area contributed by atoms with E-state index in [0.29, 0.717) is 0 Å². The van der Waals surface area contributed by atoms with Crippen molar-refractivity contribution in [3.05, 3.63) is 27.7 Å². The molecule has 2 rings (SSSR count). The van der Waals surface area contributed by atoms with Gasteiger partial charge < -0.3 is 4.42 Å². The van der Waals surface area contributed by atoms with Gasteiger partial charge in [0.25, 0.3) is 0 Å². The molecule has 0 fully saturated rings. The first-order valence-electron chi connectivity index (χ1n) is 3.29. The molecular formula is C8H6INO. The van der Waals surface area contributed by atoms with Crippen molar-refractivity contribution in [3.8, 4) is 0 Å². The molecule has 0 spiro atoms. The Morgan fingerprint density at radius 1 is 1.45 bits per heavy atom. The Balaban J connectivity index is 2.90. The van der Waals surface area contributed by atoms with Gasteiger partial charge in [-0.3, -0.25) is 0 Å². The average Bonchev–Trinajstić information content (AvgIpc) is 2.31. The van der Waals surface area contributed by atoms with E-state index < -0.39 is 0 Å². The summed E-state index contributed by atoms with van der Waals surface area (Å²) in [6.07, 6.45) is 0. The molecule has 0 unspecified atom stereocenters. The van der Waals surface area contributed by atoms with Crippen LogP contribution in [0.2, 0.25) is 0 Å². The topological polar surface area (TPSA) is 26.0 Å². The molecule has 3 heteroatoms. The Morgan fingerprint density at radius 2 is 2.27 bits per heavy atom. The third-order valence-corrected chi connectivity index (χ3v) is 2.32. The van der Waals surface area contributed by atoms with E-state index in [2.05, 4.69) is 27.6 Å². The van der Waals surface area contributed by atoms with Crippen LogP contribution in [0.5, 0.6) is 0 Å². The predicted molar refractivity (Wildman–Crippen MR) is 51.5 cm³/mol. The van der Waals surface area contributed by atoms with Crippen LogP contribution >= 0.6 is 22.6 Å². The first kappa shape index (κ1) is 7.09. The van der Waals surface area contributed by atoms with Crippen LogP contribution in [0.4, 0.5) is 0 Å². The lowest BCUT2D eigenvalue weighted by atomic mass is 10.3. The summed E-state index contributed by atoms with van der Waals surface area (Å²) in [7, 11) is 0. The van der Waals surface area contributed by atoms with Crippen LogP contribution < -0.4 is 0 Å². The van der Waals surface area contributed by atoms with Gasteiger partial charge in [0.05, 0.1) is 3.57 Å². The number of hydrogen-bond donors (Lipinski definition) is 0. The Kier molecular flexibility index (Phi) is 1.60. The van der Waals surface area contributed by atoms with Gasteiger partial charge in [-0.15, -0.1) is 0 Å². The van der Waals surface area contributed by atoms with E-state index in [-0.39, 0.29) is 0 Å². The molecule has 0 saturated carbocycles. The van der Waals surface area contributed by atoms with Crippen molar-refractivity contribution in [2.24, 2.45) is 0 Å². The van der Waals surface area contributed by atoms with Crippen LogP contribution in [-0.4, -0.2) is 4.98 Å². The number of aromatic nitrogens is 1. The number of hydrogen-bond acceptors (Lipinski definition) is 2. The van der Waals surface area contributed by atoms with Crippen LogP contribution in [0, 0.1) is 10.5 Å². The van der Waals surface area contributed by atoms with Crippen molar-refractivity contribution in [2.45, 2.75) is 6.92 Å². The number of benzene rings is 1. The number of rotatable bonds is 0. The van der Waals surface area contributed by atoms with Gasteiger partial charge >= 0.3 is 0 Å². The zero-order valence-corrected chi connectivity index (χ0v) is 8.12. The summed E-state index contributed by atoms with van der Waals surface area (Å²) in [4.78, 5) is 4.20. The quantitative estimate of drug-likeness (QED) is 0.680. The zero-order chi connectivity index (χ0) is 7.84. The van der Waals surface area contributed by atoms with Crippen LogP contribution in [0.25, 0.3) is 11.1 Å². The minimum Gasteiger partial charge on any atom is -0.440 e. The summed E-state index contributed by atoms with van der Waals surface area (Å²) < 4.78 is 6.49. The van der Waals surface area contributed by atoms with Crippen molar-refractivity contribution in [2.75, 3.05) is 0 Å². The Bertz CT molecular complexity index is 394. The monoisotopic (exact) mass is 259 g/mol. The smallest absolute Gasteiger partial charge is 0.192 e. The van der Waals surface area contributed by atoms with Crippen molar-refractivity contribution < 1.29 is 4.42 Å². The van der Waals surface area contributed by atoms with E-state index >= 15 is 0 Å². The van der Waals surface area contributed by atoms with Crippen molar-refractivity contribution in [1.29, 1.82) is 0 Å². The van der Waals surface area contributed by atoms with Crippen molar-refractivity contribution in [1.82, 2.24) is 4.98 Å². The molecule has 0 saturated heterocycles. The van der Waals surface area contributed by atoms with E-state index in [1.54, 1.807) is 0 Å². The number of fused-ring (bicyclic) bond motifs is 1. The maximum absolute atomic E-state index is 5.38. The molecule has 0 bridgehead atoms. The number of para-hydroxylation sites is 1. The van der Waals surface area contributed by atoms with Gasteiger partial charge in [0.15, 0.2) is 11.5 Å². The summed E-state index contributed by atoms with van der Waals surface area (Å²) in [5, 5.41) is 0. The lowest BCUT2D eigenvalue weighted by Crippen LogP contribution is -1.70. The highest BCUT2D eigenvalue weighted by atomic mass is 127. The molecule has 2 nitrogen and oxygen atoms in total. The van der Waals surface area contributed by atoms with Crippen molar-refractivity contribution >= 4 is 33.7 Å². The standard InChI is InChI=1S/C8H6INO/c1-5-10-7-4-2-3-6(9)8(7)11-5/h2-4H,1H3. The first-order valence-corrected chi connectivity index (χ1v) is 4.37. The van der Waals surface area contributed by atoms with Crippen LogP contribution in [-0.2, 0) is 0 Å². The first-order chi connectivity index (χ1) is 5.27. The van der Waals surface area contributed by atoms with E-state index in [9.17, 15) is 0 Å². The molecule has 0 aliphatic heterocycles. The predicted octanol–water partition coefficient (Wildman–Crippen LogP) is 2.74. The maximum Gasteiger partial charge on any atom is 0.192 e.